The Morgan fingerprint density at radius 1 is 1.45 bits per heavy atom. The summed E-state index contributed by atoms with van der Waals surface area (Å²) in [6.07, 6.45) is 5.89. The van der Waals surface area contributed by atoms with E-state index in [1.165, 1.54) is 0 Å². The third-order valence-electron chi connectivity index (χ3n) is 4.39. The van der Waals surface area contributed by atoms with Crippen LogP contribution < -0.4 is 9.64 Å². The van der Waals surface area contributed by atoms with E-state index in [9.17, 15) is 4.79 Å². The smallest absolute Gasteiger partial charge is 0.232 e. The average molecular weight is 369 g/mol. The number of anilines is 1. The zero-order valence-corrected chi connectivity index (χ0v) is 14.5. The minimum Gasteiger partial charge on any atom is -0.480 e. The number of rotatable bonds is 4. The second-order valence-corrected chi connectivity index (χ2v) is 6.85. The molecule has 2 fully saturated rings. The summed E-state index contributed by atoms with van der Waals surface area (Å²) in [4.78, 5) is 25.1. The maximum Gasteiger partial charge on any atom is 0.232 e. The van der Waals surface area contributed by atoms with Crippen molar-refractivity contribution in [2.24, 2.45) is 5.92 Å². The first kappa shape index (κ1) is 15.5. The molecule has 2 heterocycles. The first-order chi connectivity index (χ1) is 10.6. The summed E-state index contributed by atoms with van der Waals surface area (Å²) in [5.41, 5.74) is 0. The summed E-state index contributed by atoms with van der Waals surface area (Å²) in [6, 6.07) is 0.236. The number of nitrogens with zero attached hydrogens (tertiary/aromatic N) is 4. The van der Waals surface area contributed by atoms with Crippen LogP contribution in [0.5, 0.6) is 5.88 Å². The maximum atomic E-state index is 12.2. The van der Waals surface area contributed by atoms with Crippen molar-refractivity contribution in [1.29, 1.82) is 0 Å². The Bertz CT molecular complexity index is 564. The summed E-state index contributed by atoms with van der Waals surface area (Å²) >= 11 is 3.37. The molecule has 3 rings (SSSR count). The lowest BCUT2D eigenvalue weighted by Crippen LogP contribution is -2.49. The van der Waals surface area contributed by atoms with Crippen molar-refractivity contribution in [1.82, 2.24) is 14.9 Å². The summed E-state index contributed by atoms with van der Waals surface area (Å²) in [5.74, 6) is 1.76. The second kappa shape index (κ2) is 6.40. The SMILES string of the molecule is COc1nc(N2CCCC(N(C)C(=O)C3CC3)C2)ncc1Br. The molecule has 1 aliphatic heterocycles. The highest BCUT2D eigenvalue weighted by molar-refractivity contribution is 9.10. The number of ether oxygens (including phenoxy) is 1. The van der Waals surface area contributed by atoms with Crippen molar-refractivity contribution >= 4 is 27.8 Å². The normalized spacial score (nSPS) is 21.6. The average Bonchev–Trinajstić information content (AvgIpc) is 3.39. The molecule has 1 saturated carbocycles. The van der Waals surface area contributed by atoms with E-state index in [0.29, 0.717) is 17.7 Å². The van der Waals surface area contributed by atoms with Crippen LogP contribution in [0.25, 0.3) is 0 Å². The molecular formula is C15H21BrN4O2. The van der Waals surface area contributed by atoms with Gasteiger partial charge in [0.2, 0.25) is 17.7 Å². The highest BCUT2D eigenvalue weighted by Crippen LogP contribution is 2.32. The highest BCUT2D eigenvalue weighted by Gasteiger charge is 2.36. The van der Waals surface area contributed by atoms with E-state index in [1.54, 1.807) is 13.3 Å². The number of hydrogen-bond donors (Lipinski definition) is 0. The molecule has 0 aromatic carbocycles. The molecule has 0 bridgehead atoms. The molecule has 0 N–H and O–H groups in total. The molecule has 1 saturated heterocycles. The summed E-state index contributed by atoms with van der Waals surface area (Å²) in [6.45, 7) is 1.69. The van der Waals surface area contributed by atoms with Gasteiger partial charge in [-0.2, -0.15) is 4.98 Å². The van der Waals surface area contributed by atoms with Gasteiger partial charge >= 0.3 is 0 Å². The van der Waals surface area contributed by atoms with Gasteiger partial charge in [-0.25, -0.2) is 4.98 Å². The van der Waals surface area contributed by atoms with Gasteiger partial charge in [-0.05, 0) is 41.6 Å². The highest BCUT2D eigenvalue weighted by atomic mass is 79.9. The molecule has 22 heavy (non-hydrogen) atoms. The van der Waals surface area contributed by atoms with Gasteiger partial charge < -0.3 is 14.5 Å². The fraction of sp³-hybridized carbons (Fsp3) is 0.667. The first-order valence-electron chi connectivity index (χ1n) is 7.68. The van der Waals surface area contributed by atoms with E-state index < -0.39 is 0 Å². The Hall–Kier alpha value is -1.37. The minimum absolute atomic E-state index is 0.236. The molecule has 1 amide bonds. The Balaban J connectivity index is 1.71. The number of carbonyl (C=O) groups excluding carboxylic acids is 1. The standard InChI is InChI=1S/C15H21BrN4O2/c1-19(14(21)10-5-6-10)11-4-3-7-20(9-11)15-17-8-12(16)13(18-15)22-2/h8,10-11H,3-7,9H2,1-2H3. The third-order valence-corrected chi connectivity index (χ3v) is 4.94. The van der Waals surface area contributed by atoms with Gasteiger partial charge in [-0.15, -0.1) is 0 Å². The van der Waals surface area contributed by atoms with Crippen LogP contribution in [0.4, 0.5) is 5.95 Å². The predicted molar refractivity (Wildman–Crippen MR) is 87.0 cm³/mol. The van der Waals surface area contributed by atoms with Crippen LogP contribution in [0.3, 0.4) is 0 Å². The van der Waals surface area contributed by atoms with E-state index in [1.807, 2.05) is 11.9 Å². The molecule has 1 aliphatic carbocycles. The molecule has 2 aliphatic rings. The molecular weight excluding hydrogens is 348 g/mol. The van der Waals surface area contributed by atoms with E-state index in [4.69, 9.17) is 4.74 Å². The van der Waals surface area contributed by atoms with Crippen LogP contribution in [0, 0.1) is 5.92 Å². The van der Waals surface area contributed by atoms with Gasteiger partial charge in [-0.1, -0.05) is 0 Å². The maximum absolute atomic E-state index is 12.2. The number of likely N-dealkylation sites (N-methyl/N-ethyl adjacent to an activating group) is 1. The van der Waals surface area contributed by atoms with Gasteiger partial charge in [0.1, 0.15) is 0 Å². The summed E-state index contributed by atoms with van der Waals surface area (Å²) < 4.78 is 5.98. The monoisotopic (exact) mass is 368 g/mol. The van der Waals surface area contributed by atoms with Crippen molar-refractivity contribution in [3.05, 3.63) is 10.7 Å². The van der Waals surface area contributed by atoms with Crippen molar-refractivity contribution in [2.75, 3.05) is 32.1 Å². The third kappa shape index (κ3) is 3.19. The number of hydrogen-bond acceptors (Lipinski definition) is 5. The molecule has 0 spiro atoms. The first-order valence-corrected chi connectivity index (χ1v) is 8.47. The molecule has 1 unspecified atom stereocenters. The Morgan fingerprint density at radius 3 is 2.91 bits per heavy atom. The van der Waals surface area contributed by atoms with Gasteiger partial charge in [0.15, 0.2) is 0 Å². The molecule has 120 valence electrons. The fourth-order valence-corrected chi connectivity index (χ4v) is 3.24. The summed E-state index contributed by atoms with van der Waals surface area (Å²) in [7, 11) is 3.52. The van der Waals surface area contributed by atoms with Crippen LogP contribution in [0.15, 0.2) is 10.7 Å². The molecule has 1 atom stereocenters. The van der Waals surface area contributed by atoms with Crippen molar-refractivity contribution in [3.8, 4) is 5.88 Å². The molecule has 1 aromatic rings. The van der Waals surface area contributed by atoms with E-state index in [2.05, 4.69) is 30.8 Å². The number of aromatic nitrogens is 2. The van der Waals surface area contributed by atoms with Crippen molar-refractivity contribution < 1.29 is 9.53 Å². The Kier molecular flexibility index (Phi) is 4.52. The van der Waals surface area contributed by atoms with Crippen LogP contribution in [0.2, 0.25) is 0 Å². The number of piperidine rings is 1. The molecule has 0 radical (unpaired) electrons. The lowest BCUT2D eigenvalue weighted by Gasteiger charge is -2.37. The largest absolute Gasteiger partial charge is 0.480 e. The lowest BCUT2D eigenvalue weighted by molar-refractivity contribution is -0.133. The quantitative estimate of drug-likeness (QED) is 0.814. The lowest BCUT2D eigenvalue weighted by atomic mass is 10.0. The molecule has 7 heteroatoms. The number of amides is 1. The minimum atomic E-state index is 0.236. The van der Waals surface area contributed by atoms with Gasteiger partial charge in [-0.3, -0.25) is 4.79 Å². The second-order valence-electron chi connectivity index (χ2n) is 5.99. The topological polar surface area (TPSA) is 58.6 Å². The van der Waals surface area contributed by atoms with Crippen LogP contribution >= 0.6 is 15.9 Å². The number of methoxy groups -OCH3 is 1. The van der Waals surface area contributed by atoms with Crippen LogP contribution in [0.1, 0.15) is 25.7 Å². The molecule has 1 aromatic heterocycles. The van der Waals surface area contributed by atoms with Gasteiger partial charge in [0.25, 0.3) is 0 Å². The zero-order valence-electron chi connectivity index (χ0n) is 13.0. The van der Waals surface area contributed by atoms with Crippen LogP contribution in [-0.2, 0) is 4.79 Å². The fourth-order valence-electron chi connectivity index (χ4n) is 2.89. The Labute approximate surface area is 139 Å². The number of carbonyl (C=O) groups is 1. The summed E-state index contributed by atoms with van der Waals surface area (Å²) in [5, 5.41) is 0. The van der Waals surface area contributed by atoms with E-state index >= 15 is 0 Å². The van der Waals surface area contributed by atoms with E-state index in [-0.39, 0.29) is 12.0 Å². The molecule has 6 nitrogen and oxygen atoms in total. The predicted octanol–water partition coefficient (Wildman–Crippen LogP) is 2.08. The van der Waals surface area contributed by atoms with Gasteiger partial charge in [0, 0.05) is 32.1 Å². The van der Waals surface area contributed by atoms with Gasteiger partial charge in [0.05, 0.1) is 17.8 Å². The Morgan fingerprint density at radius 2 is 2.23 bits per heavy atom. The number of halogens is 1. The van der Waals surface area contributed by atoms with Crippen LogP contribution in [-0.4, -0.2) is 54.1 Å². The van der Waals surface area contributed by atoms with Crippen molar-refractivity contribution in [2.45, 2.75) is 31.7 Å². The zero-order chi connectivity index (χ0) is 15.7. The van der Waals surface area contributed by atoms with Crippen molar-refractivity contribution in [3.63, 3.8) is 0 Å². The van der Waals surface area contributed by atoms with E-state index in [0.717, 1.165) is 43.2 Å².